The third-order valence-corrected chi connectivity index (χ3v) is 5.41. The summed E-state index contributed by atoms with van der Waals surface area (Å²) in [5.74, 6) is 0.363. The minimum atomic E-state index is -0.334. The van der Waals surface area contributed by atoms with E-state index >= 15 is 0 Å². The summed E-state index contributed by atoms with van der Waals surface area (Å²) in [6.07, 6.45) is 5.91. The van der Waals surface area contributed by atoms with Gasteiger partial charge in [-0.05, 0) is 54.7 Å². The predicted octanol–water partition coefficient (Wildman–Crippen LogP) is 4.31. The first-order chi connectivity index (χ1) is 15.0. The van der Waals surface area contributed by atoms with Crippen LogP contribution in [0.4, 0.5) is 5.69 Å². The molecule has 2 atom stereocenters. The molecule has 2 aromatic carbocycles. The van der Waals surface area contributed by atoms with Crippen LogP contribution in [0.25, 0.3) is 6.08 Å². The van der Waals surface area contributed by atoms with Gasteiger partial charge >= 0.3 is 0 Å². The number of carbonyl (C=O) groups excluding carboxylic acids is 2. The van der Waals surface area contributed by atoms with Gasteiger partial charge < -0.3 is 15.4 Å². The van der Waals surface area contributed by atoms with Crippen molar-refractivity contribution in [1.29, 1.82) is 5.26 Å². The van der Waals surface area contributed by atoms with Gasteiger partial charge in [0, 0.05) is 11.7 Å². The molecule has 0 aliphatic heterocycles. The minimum absolute atomic E-state index is 0.0775. The van der Waals surface area contributed by atoms with E-state index in [1.165, 1.54) is 6.42 Å². The summed E-state index contributed by atoms with van der Waals surface area (Å²) < 4.78 is 5.51. The molecule has 2 aromatic rings. The second kappa shape index (κ2) is 11.0. The summed E-state index contributed by atoms with van der Waals surface area (Å²) in [7, 11) is 0. The standard InChI is InChI=1S/C25H27N3O3/c1-18-7-5-6-10-23(18)28-25(30)20(16-26)15-19-11-13-22(14-12-19)31-17-24(29)27-21-8-3-2-4-9-21/h2-4,8-9,11-15,18,23H,5-7,10,17H2,1H3,(H,27,29)(H,28,30)/b20-15+/t18-,23+/m0/s1. The van der Waals surface area contributed by atoms with E-state index in [1.54, 1.807) is 42.5 Å². The Morgan fingerprint density at radius 3 is 2.48 bits per heavy atom. The van der Waals surface area contributed by atoms with Crippen LogP contribution in [0.5, 0.6) is 5.75 Å². The Hall–Kier alpha value is -3.59. The highest BCUT2D eigenvalue weighted by Crippen LogP contribution is 2.24. The second-order valence-electron chi connectivity index (χ2n) is 7.78. The molecule has 6 heteroatoms. The molecule has 2 amide bonds. The quantitative estimate of drug-likeness (QED) is 0.519. The molecule has 0 radical (unpaired) electrons. The average Bonchev–Trinajstić information content (AvgIpc) is 2.79. The van der Waals surface area contributed by atoms with Crippen molar-refractivity contribution in [2.45, 2.75) is 38.6 Å². The Morgan fingerprint density at radius 2 is 1.81 bits per heavy atom. The van der Waals surface area contributed by atoms with Crippen molar-refractivity contribution in [2.75, 3.05) is 11.9 Å². The molecule has 0 spiro atoms. The fourth-order valence-corrected chi connectivity index (χ4v) is 3.62. The molecule has 160 valence electrons. The van der Waals surface area contributed by atoms with Crippen molar-refractivity contribution < 1.29 is 14.3 Å². The van der Waals surface area contributed by atoms with Crippen molar-refractivity contribution in [2.24, 2.45) is 5.92 Å². The first-order valence-corrected chi connectivity index (χ1v) is 10.6. The number of benzene rings is 2. The van der Waals surface area contributed by atoms with Crippen LogP contribution in [0.2, 0.25) is 0 Å². The lowest BCUT2D eigenvalue weighted by Gasteiger charge is -2.29. The number of anilines is 1. The molecule has 0 saturated heterocycles. The van der Waals surface area contributed by atoms with E-state index in [2.05, 4.69) is 17.6 Å². The molecular weight excluding hydrogens is 390 g/mol. The van der Waals surface area contributed by atoms with E-state index in [4.69, 9.17) is 4.74 Å². The molecule has 1 saturated carbocycles. The molecular formula is C25H27N3O3. The van der Waals surface area contributed by atoms with Crippen LogP contribution in [0.3, 0.4) is 0 Å². The average molecular weight is 418 g/mol. The molecule has 0 unspecified atom stereocenters. The van der Waals surface area contributed by atoms with Gasteiger partial charge in [0.1, 0.15) is 17.4 Å². The van der Waals surface area contributed by atoms with Crippen molar-refractivity contribution in [3.63, 3.8) is 0 Å². The summed E-state index contributed by atoms with van der Waals surface area (Å²) >= 11 is 0. The van der Waals surface area contributed by atoms with Crippen LogP contribution in [0.1, 0.15) is 38.2 Å². The number of hydrogen-bond donors (Lipinski definition) is 2. The van der Waals surface area contributed by atoms with Gasteiger partial charge in [-0.25, -0.2) is 0 Å². The van der Waals surface area contributed by atoms with Gasteiger partial charge in [0.25, 0.3) is 11.8 Å². The fourth-order valence-electron chi connectivity index (χ4n) is 3.62. The van der Waals surface area contributed by atoms with Gasteiger partial charge in [-0.15, -0.1) is 0 Å². The number of carbonyl (C=O) groups is 2. The Kier molecular flexibility index (Phi) is 7.83. The van der Waals surface area contributed by atoms with Crippen molar-refractivity contribution in [3.05, 3.63) is 65.7 Å². The van der Waals surface area contributed by atoms with E-state index in [9.17, 15) is 14.9 Å². The minimum Gasteiger partial charge on any atom is -0.484 e. The molecule has 0 bridgehead atoms. The third-order valence-electron chi connectivity index (χ3n) is 5.41. The molecule has 1 fully saturated rings. The number of nitrogens with one attached hydrogen (secondary N) is 2. The normalized spacial score (nSPS) is 18.5. The van der Waals surface area contributed by atoms with E-state index < -0.39 is 0 Å². The Morgan fingerprint density at radius 1 is 1.10 bits per heavy atom. The zero-order chi connectivity index (χ0) is 22.1. The Balaban J connectivity index is 1.54. The SMILES string of the molecule is C[C@H]1CCCC[C@H]1NC(=O)/C(C#N)=C/c1ccc(OCC(=O)Nc2ccccc2)cc1. The highest BCUT2D eigenvalue weighted by Gasteiger charge is 2.24. The van der Waals surface area contributed by atoms with Gasteiger partial charge in [-0.2, -0.15) is 5.26 Å². The van der Waals surface area contributed by atoms with Crippen LogP contribution in [0.15, 0.2) is 60.2 Å². The third kappa shape index (κ3) is 6.71. The topological polar surface area (TPSA) is 91.2 Å². The monoisotopic (exact) mass is 417 g/mol. The van der Waals surface area contributed by atoms with Gasteiger partial charge in [-0.3, -0.25) is 9.59 Å². The van der Waals surface area contributed by atoms with Gasteiger partial charge in [0.2, 0.25) is 0 Å². The lowest BCUT2D eigenvalue weighted by atomic mass is 9.86. The molecule has 3 rings (SSSR count). The van der Waals surface area contributed by atoms with Gasteiger partial charge in [-0.1, -0.05) is 50.1 Å². The van der Waals surface area contributed by atoms with Crippen LogP contribution in [0, 0.1) is 17.2 Å². The fraction of sp³-hybridized carbons (Fsp3) is 0.320. The maximum Gasteiger partial charge on any atom is 0.262 e. The first kappa shape index (κ1) is 22.1. The number of hydrogen-bond acceptors (Lipinski definition) is 4. The summed E-state index contributed by atoms with van der Waals surface area (Å²) in [5, 5.41) is 15.2. The second-order valence-corrected chi connectivity index (χ2v) is 7.78. The number of ether oxygens (including phenoxy) is 1. The van der Waals surface area contributed by atoms with E-state index in [-0.39, 0.29) is 30.0 Å². The van der Waals surface area contributed by atoms with Crippen molar-refractivity contribution in [3.8, 4) is 11.8 Å². The Bertz CT molecular complexity index is 962. The molecule has 1 aliphatic carbocycles. The van der Waals surface area contributed by atoms with Gasteiger partial charge in [0.05, 0.1) is 0 Å². The summed E-state index contributed by atoms with van der Waals surface area (Å²) in [4.78, 5) is 24.5. The van der Waals surface area contributed by atoms with Crippen LogP contribution >= 0.6 is 0 Å². The molecule has 1 aliphatic rings. The van der Waals surface area contributed by atoms with Gasteiger partial charge in [0.15, 0.2) is 6.61 Å². The molecule has 0 aromatic heterocycles. The number of nitrogens with zero attached hydrogens (tertiary/aromatic N) is 1. The zero-order valence-corrected chi connectivity index (χ0v) is 17.6. The summed E-state index contributed by atoms with van der Waals surface area (Å²) in [5.41, 5.74) is 1.50. The van der Waals surface area contributed by atoms with E-state index in [1.807, 2.05) is 24.3 Å². The molecule has 6 nitrogen and oxygen atoms in total. The maximum absolute atomic E-state index is 12.5. The van der Waals surface area contributed by atoms with Crippen LogP contribution in [-0.4, -0.2) is 24.5 Å². The highest BCUT2D eigenvalue weighted by atomic mass is 16.5. The van der Waals surface area contributed by atoms with E-state index in [0.717, 1.165) is 19.3 Å². The summed E-state index contributed by atoms with van der Waals surface area (Å²) in [6, 6.07) is 18.2. The summed E-state index contributed by atoms with van der Waals surface area (Å²) in [6.45, 7) is 2.02. The highest BCUT2D eigenvalue weighted by molar-refractivity contribution is 6.01. The van der Waals surface area contributed by atoms with Crippen molar-refractivity contribution in [1.82, 2.24) is 5.32 Å². The lowest BCUT2D eigenvalue weighted by molar-refractivity contribution is -0.119. The molecule has 31 heavy (non-hydrogen) atoms. The molecule has 2 N–H and O–H groups in total. The lowest BCUT2D eigenvalue weighted by Crippen LogP contribution is -2.41. The zero-order valence-electron chi connectivity index (χ0n) is 17.6. The maximum atomic E-state index is 12.5. The van der Waals surface area contributed by atoms with Crippen molar-refractivity contribution >= 4 is 23.6 Å². The van der Waals surface area contributed by atoms with E-state index in [0.29, 0.717) is 22.9 Å². The predicted molar refractivity (Wildman–Crippen MR) is 120 cm³/mol. The van der Waals surface area contributed by atoms with Crippen LogP contribution in [-0.2, 0) is 9.59 Å². The van der Waals surface area contributed by atoms with Crippen LogP contribution < -0.4 is 15.4 Å². The number of amides is 2. The Labute approximate surface area is 182 Å². The molecule has 0 heterocycles. The number of para-hydroxylation sites is 1. The largest absolute Gasteiger partial charge is 0.484 e. The number of rotatable bonds is 7. The smallest absolute Gasteiger partial charge is 0.262 e. The number of nitriles is 1. The first-order valence-electron chi connectivity index (χ1n) is 10.6.